The number of nitrogens with zero attached hydrogens (tertiary/aromatic N) is 1. The van der Waals surface area contributed by atoms with Crippen LogP contribution in [-0.4, -0.2) is 35.1 Å². The number of rotatable bonds is 3. The third-order valence-electron chi connectivity index (χ3n) is 5.21. The van der Waals surface area contributed by atoms with Crippen LogP contribution in [0, 0.1) is 17.3 Å². The molecule has 19 heavy (non-hydrogen) atoms. The van der Waals surface area contributed by atoms with Gasteiger partial charge in [-0.3, -0.25) is 9.69 Å². The highest BCUT2D eigenvalue weighted by molar-refractivity contribution is 5.73. The molecule has 2 rings (SSSR count). The van der Waals surface area contributed by atoms with E-state index in [1.165, 1.54) is 25.7 Å². The molecule has 1 saturated carbocycles. The van der Waals surface area contributed by atoms with E-state index in [1.807, 2.05) is 0 Å². The Kier molecular flexibility index (Phi) is 4.54. The first-order chi connectivity index (χ1) is 8.88. The molecule has 0 unspecified atom stereocenters. The Labute approximate surface area is 117 Å². The topological polar surface area (TPSA) is 40.5 Å². The van der Waals surface area contributed by atoms with E-state index in [1.54, 1.807) is 0 Å². The Morgan fingerprint density at radius 3 is 2.32 bits per heavy atom. The Hall–Kier alpha value is -0.570. The largest absolute Gasteiger partial charge is 0.480 e. The molecule has 0 spiro atoms. The zero-order valence-electron chi connectivity index (χ0n) is 12.7. The van der Waals surface area contributed by atoms with Gasteiger partial charge in [-0.25, -0.2) is 0 Å². The lowest BCUT2D eigenvalue weighted by atomic mass is 9.70. The lowest BCUT2D eigenvalue weighted by Crippen LogP contribution is -2.40. The van der Waals surface area contributed by atoms with Gasteiger partial charge in [0.1, 0.15) is 6.04 Å². The predicted molar refractivity (Wildman–Crippen MR) is 77.1 cm³/mol. The van der Waals surface area contributed by atoms with Crippen molar-refractivity contribution in [3.05, 3.63) is 0 Å². The minimum atomic E-state index is -0.624. The summed E-state index contributed by atoms with van der Waals surface area (Å²) in [6, 6.07) is -0.208. The maximum absolute atomic E-state index is 11.2. The first kappa shape index (κ1) is 14.8. The van der Waals surface area contributed by atoms with Crippen molar-refractivity contribution >= 4 is 5.97 Å². The highest BCUT2D eigenvalue weighted by atomic mass is 16.4. The molecule has 1 aliphatic carbocycles. The highest BCUT2D eigenvalue weighted by Crippen LogP contribution is 2.40. The third-order valence-corrected chi connectivity index (χ3v) is 5.21. The van der Waals surface area contributed by atoms with Crippen LogP contribution in [0.4, 0.5) is 0 Å². The first-order valence-electron chi connectivity index (χ1n) is 7.85. The molecule has 3 heteroatoms. The Balaban J connectivity index is 1.81. The fourth-order valence-electron chi connectivity index (χ4n) is 3.87. The van der Waals surface area contributed by atoms with Gasteiger partial charge in [-0.05, 0) is 62.3 Å². The lowest BCUT2D eigenvalue weighted by molar-refractivity contribution is -0.142. The third kappa shape index (κ3) is 3.71. The second kappa shape index (κ2) is 5.82. The number of likely N-dealkylation sites (tertiary alicyclic amines) is 1. The molecule has 2 aliphatic rings. The fourth-order valence-corrected chi connectivity index (χ4v) is 3.87. The van der Waals surface area contributed by atoms with Crippen LogP contribution in [0.5, 0.6) is 0 Å². The van der Waals surface area contributed by atoms with Gasteiger partial charge in [0.25, 0.3) is 0 Å². The Bertz CT molecular complexity index is 313. The van der Waals surface area contributed by atoms with Crippen molar-refractivity contribution in [2.24, 2.45) is 17.3 Å². The molecule has 2 fully saturated rings. The summed E-state index contributed by atoms with van der Waals surface area (Å²) in [5.74, 6) is 0.942. The minimum absolute atomic E-state index is 0.208. The van der Waals surface area contributed by atoms with E-state index >= 15 is 0 Å². The molecule has 0 aromatic rings. The lowest BCUT2D eigenvalue weighted by Gasteiger charge is -2.38. The molecule has 0 aromatic carbocycles. The molecule has 1 saturated heterocycles. The van der Waals surface area contributed by atoms with Crippen molar-refractivity contribution in [3.63, 3.8) is 0 Å². The van der Waals surface area contributed by atoms with E-state index in [4.69, 9.17) is 0 Å². The molecule has 0 radical (unpaired) electrons. The van der Waals surface area contributed by atoms with E-state index in [0.717, 1.165) is 37.8 Å². The quantitative estimate of drug-likeness (QED) is 0.852. The highest BCUT2D eigenvalue weighted by Gasteiger charge is 2.34. The van der Waals surface area contributed by atoms with Crippen LogP contribution in [0.2, 0.25) is 0 Å². The maximum Gasteiger partial charge on any atom is 0.320 e. The monoisotopic (exact) mass is 267 g/mol. The summed E-state index contributed by atoms with van der Waals surface area (Å²) in [4.78, 5) is 13.4. The summed E-state index contributed by atoms with van der Waals surface area (Å²) in [5, 5.41) is 9.22. The van der Waals surface area contributed by atoms with Crippen LogP contribution in [0.25, 0.3) is 0 Å². The summed E-state index contributed by atoms with van der Waals surface area (Å²) in [6.45, 7) is 9.03. The van der Waals surface area contributed by atoms with Crippen LogP contribution < -0.4 is 0 Å². The molecule has 1 aliphatic heterocycles. The van der Waals surface area contributed by atoms with Crippen molar-refractivity contribution in [3.8, 4) is 0 Å². The van der Waals surface area contributed by atoms with Crippen molar-refractivity contribution < 1.29 is 9.90 Å². The first-order valence-corrected chi connectivity index (χ1v) is 7.85. The van der Waals surface area contributed by atoms with Crippen LogP contribution in [0.15, 0.2) is 0 Å². The molecule has 1 heterocycles. The Morgan fingerprint density at radius 1 is 1.16 bits per heavy atom. The predicted octanol–water partition coefficient (Wildman–Crippen LogP) is 3.39. The zero-order chi connectivity index (χ0) is 14.0. The summed E-state index contributed by atoms with van der Waals surface area (Å²) in [6.07, 6.45) is 7.09. The van der Waals surface area contributed by atoms with Crippen molar-refractivity contribution in [1.29, 1.82) is 0 Å². The number of carbonyl (C=O) groups is 1. The molecule has 0 amide bonds. The average Bonchev–Trinajstić information content (AvgIpc) is 2.77. The van der Waals surface area contributed by atoms with E-state index in [2.05, 4.69) is 25.7 Å². The molecule has 0 bridgehead atoms. The van der Waals surface area contributed by atoms with Gasteiger partial charge in [0, 0.05) is 6.54 Å². The van der Waals surface area contributed by atoms with Crippen molar-refractivity contribution in [2.75, 3.05) is 13.1 Å². The second-order valence-electron chi connectivity index (χ2n) is 7.57. The SMILES string of the molecule is CC(C)(C)C1CCC(CN2CCC[C@@H]2C(=O)O)CC1. The van der Waals surface area contributed by atoms with Crippen molar-refractivity contribution in [1.82, 2.24) is 4.90 Å². The zero-order valence-corrected chi connectivity index (χ0v) is 12.7. The summed E-state index contributed by atoms with van der Waals surface area (Å²) < 4.78 is 0. The Morgan fingerprint density at radius 2 is 1.79 bits per heavy atom. The molecular weight excluding hydrogens is 238 g/mol. The second-order valence-corrected chi connectivity index (χ2v) is 7.57. The minimum Gasteiger partial charge on any atom is -0.480 e. The van der Waals surface area contributed by atoms with Crippen LogP contribution in [0.1, 0.15) is 59.3 Å². The van der Waals surface area contributed by atoms with Gasteiger partial charge in [-0.1, -0.05) is 20.8 Å². The van der Waals surface area contributed by atoms with E-state index in [9.17, 15) is 9.90 Å². The van der Waals surface area contributed by atoms with Gasteiger partial charge in [0.05, 0.1) is 0 Å². The normalized spacial score (nSPS) is 33.5. The van der Waals surface area contributed by atoms with Gasteiger partial charge in [-0.2, -0.15) is 0 Å². The number of carboxylic acid groups (broad SMARTS) is 1. The van der Waals surface area contributed by atoms with Gasteiger partial charge in [0.15, 0.2) is 0 Å². The number of hydrogen-bond donors (Lipinski definition) is 1. The summed E-state index contributed by atoms with van der Waals surface area (Å²) in [5.41, 5.74) is 0.433. The summed E-state index contributed by atoms with van der Waals surface area (Å²) in [7, 11) is 0. The van der Waals surface area contributed by atoms with E-state index < -0.39 is 5.97 Å². The van der Waals surface area contributed by atoms with Gasteiger partial charge >= 0.3 is 5.97 Å². The standard InChI is InChI=1S/C16H29NO2/c1-16(2,3)13-8-6-12(7-9-13)11-17-10-4-5-14(17)15(18)19/h12-14H,4-11H2,1-3H3,(H,18,19)/t12?,13?,14-/m1/s1. The molecule has 1 atom stereocenters. The fraction of sp³-hybridized carbons (Fsp3) is 0.938. The van der Waals surface area contributed by atoms with Crippen LogP contribution in [0.3, 0.4) is 0 Å². The van der Waals surface area contributed by atoms with Crippen LogP contribution >= 0.6 is 0 Å². The van der Waals surface area contributed by atoms with Gasteiger partial charge in [0.2, 0.25) is 0 Å². The molecule has 110 valence electrons. The van der Waals surface area contributed by atoms with E-state index in [-0.39, 0.29) is 6.04 Å². The van der Waals surface area contributed by atoms with Crippen LogP contribution in [-0.2, 0) is 4.79 Å². The molecular formula is C16H29NO2. The average molecular weight is 267 g/mol. The van der Waals surface area contributed by atoms with Gasteiger partial charge < -0.3 is 5.11 Å². The molecule has 1 N–H and O–H groups in total. The molecule has 3 nitrogen and oxygen atoms in total. The van der Waals surface area contributed by atoms with Gasteiger partial charge in [-0.15, -0.1) is 0 Å². The maximum atomic E-state index is 11.2. The number of hydrogen-bond acceptors (Lipinski definition) is 2. The summed E-state index contributed by atoms with van der Waals surface area (Å²) >= 11 is 0. The van der Waals surface area contributed by atoms with E-state index in [0.29, 0.717) is 5.41 Å². The number of aliphatic carboxylic acids is 1. The number of carboxylic acids is 1. The van der Waals surface area contributed by atoms with Crippen molar-refractivity contribution in [2.45, 2.75) is 65.3 Å². The molecule has 0 aromatic heterocycles. The smallest absolute Gasteiger partial charge is 0.320 e.